The molecule has 0 aliphatic carbocycles. The van der Waals surface area contributed by atoms with Gasteiger partial charge in [0, 0.05) is 38.1 Å². The average molecular weight is 417 g/mol. The van der Waals surface area contributed by atoms with Gasteiger partial charge in [0.2, 0.25) is 11.6 Å². The van der Waals surface area contributed by atoms with E-state index in [0.717, 1.165) is 13.1 Å². The van der Waals surface area contributed by atoms with Gasteiger partial charge >= 0.3 is 0 Å². The zero-order valence-electron chi connectivity index (χ0n) is 17.5. The molecule has 158 valence electrons. The first-order valence-electron chi connectivity index (χ1n) is 10.3. The molecule has 0 atom stereocenters. The van der Waals surface area contributed by atoms with Crippen LogP contribution in [-0.2, 0) is 11.3 Å². The first-order chi connectivity index (χ1) is 15.0. The van der Waals surface area contributed by atoms with Gasteiger partial charge < -0.3 is 9.80 Å². The Morgan fingerprint density at radius 1 is 1.03 bits per heavy atom. The molecule has 1 saturated heterocycles. The Morgan fingerprint density at radius 2 is 1.84 bits per heavy atom. The van der Waals surface area contributed by atoms with Crippen LogP contribution in [0.3, 0.4) is 0 Å². The maximum Gasteiger partial charge on any atom is 0.297 e. The highest BCUT2D eigenvalue weighted by Crippen LogP contribution is 2.24. The molecule has 0 bridgehead atoms. The van der Waals surface area contributed by atoms with Crippen LogP contribution in [0, 0.1) is 13.8 Å². The summed E-state index contributed by atoms with van der Waals surface area (Å²) in [4.78, 5) is 34.5. The fourth-order valence-electron chi connectivity index (χ4n) is 4.22. The molecule has 1 aliphatic rings. The van der Waals surface area contributed by atoms with Crippen LogP contribution >= 0.6 is 0 Å². The number of hydrogen-bond acceptors (Lipinski definition) is 6. The molecule has 9 nitrogen and oxygen atoms in total. The smallest absolute Gasteiger partial charge is 0.297 e. The van der Waals surface area contributed by atoms with Gasteiger partial charge in [0.05, 0.1) is 5.52 Å². The quantitative estimate of drug-likeness (QED) is 0.501. The average Bonchev–Trinajstić information content (AvgIpc) is 3.29. The van der Waals surface area contributed by atoms with Crippen LogP contribution in [-0.4, -0.2) is 61.1 Å². The second-order valence-corrected chi connectivity index (χ2v) is 7.85. The SMILES string of the molecule is Cc1cccc(N2CCN(C(=O)Cn3c(=O)c4nncn4c4ncccc43)CC2)c1C. The van der Waals surface area contributed by atoms with Gasteiger partial charge in [0.15, 0.2) is 5.65 Å². The van der Waals surface area contributed by atoms with Gasteiger partial charge in [0.25, 0.3) is 5.56 Å². The highest BCUT2D eigenvalue weighted by atomic mass is 16.2. The molecule has 1 fully saturated rings. The number of aryl methyl sites for hydroxylation is 1. The first-order valence-corrected chi connectivity index (χ1v) is 10.3. The summed E-state index contributed by atoms with van der Waals surface area (Å²) in [6.07, 6.45) is 3.11. The third kappa shape index (κ3) is 3.22. The van der Waals surface area contributed by atoms with E-state index in [-0.39, 0.29) is 23.7 Å². The Kier molecular flexibility index (Phi) is 4.65. The molecule has 0 saturated carbocycles. The number of anilines is 1. The van der Waals surface area contributed by atoms with Crippen LogP contribution in [0.4, 0.5) is 5.69 Å². The molecule has 1 aliphatic heterocycles. The molecule has 4 aromatic rings. The van der Waals surface area contributed by atoms with E-state index in [1.165, 1.54) is 27.7 Å². The zero-order chi connectivity index (χ0) is 21.5. The van der Waals surface area contributed by atoms with Crippen LogP contribution in [0.5, 0.6) is 0 Å². The summed E-state index contributed by atoms with van der Waals surface area (Å²) in [5, 5.41) is 7.75. The van der Waals surface area contributed by atoms with Crippen molar-refractivity contribution in [3.63, 3.8) is 0 Å². The normalized spacial score (nSPS) is 14.5. The van der Waals surface area contributed by atoms with Crippen LogP contribution in [0.1, 0.15) is 11.1 Å². The van der Waals surface area contributed by atoms with Crippen molar-refractivity contribution in [3.05, 3.63) is 64.3 Å². The molecule has 5 rings (SSSR count). The van der Waals surface area contributed by atoms with Crippen molar-refractivity contribution in [1.82, 2.24) is 29.0 Å². The van der Waals surface area contributed by atoms with Gasteiger partial charge in [-0.2, -0.15) is 0 Å². The molecule has 0 N–H and O–H groups in total. The molecule has 4 heterocycles. The van der Waals surface area contributed by atoms with Gasteiger partial charge in [-0.05, 0) is 43.2 Å². The number of benzene rings is 1. The lowest BCUT2D eigenvalue weighted by molar-refractivity contribution is -0.132. The molecule has 0 spiro atoms. The Labute approximate surface area is 178 Å². The molecule has 0 unspecified atom stereocenters. The van der Waals surface area contributed by atoms with Crippen LogP contribution < -0.4 is 10.5 Å². The summed E-state index contributed by atoms with van der Waals surface area (Å²) in [6, 6.07) is 9.85. The molecule has 0 radical (unpaired) electrons. The van der Waals surface area contributed by atoms with E-state index in [1.807, 2.05) is 4.90 Å². The summed E-state index contributed by atoms with van der Waals surface area (Å²) in [6.45, 7) is 6.95. The van der Waals surface area contributed by atoms with Gasteiger partial charge in [-0.15, -0.1) is 10.2 Å². The minimum absolute atomic E-state index is 0.0478. The lowest BCUT2D eigenvalue weighted by atomic mass is 10.1. The minimum Gasteiger partial charge on any atom is -0.368 e. The van der Waals surface area contributed by atoms with Crippen molar-refractivity contribution in [1.29, 1.82) is 0 Å². The van der Waals surface area contributed by atoms with Gasteiger partial charge in [-0.1, -0.05) is 12.1 Å². The number of pyridine rings is 1. The van der Waals surface area contributed by atoms with Crippen LogP contribution in [0.25, 0.3) is 16.8 Å². The summed E-state index contributed by atoms with van der Waals surface area (Å²) in [7, 11) is 0. The second-order valence-electron chi connectivity index (χ2n) is 7.85. The fraction of sp³-hybridized carbons (Fsp3) is 0.318. The van der Waals surface area contributed by atoms with E-state index >= 15 is 0 Å². The lowest BCUT2D eigenvalue weighted by Crippen LogP contribution is -2.50. The van der Waals surface area contributed by atoms with E-state index in [0.29, 0.717) is 24.3 Å². The summed E-state index contributed by atoms with van der Waals surface area (Å²) in [5.41, 5.74) is 4.71. The standard InChI is InChI=1S/C22H23N7O2/c1-15-5-3-6-17(16(15)2)26-9-11-27(12-10-26)19(30)13-28-18-7-4-8-23-20(18)29-14-24-25-21(29)22(28)31/h3-8,14H,9-13H2,1-2H3. The molecule has 3 aromatic heterocycles. The van der Waals surface area contributed by atoms with Crippen LogP contribution in [0.15, 0.2) is 47.7 Å². The number of carbonyl (C=O) groups excluding carboxylic acids is 1. The first kappa shape index (κ1) is 19.2. The zero-order valence-corrected chi connectivity index (χ0v) is 17.5. The number of aromatic nitrogens is 5. The number of rotatable bonds is 3. The summed E-state index contributed by atoms with van der Waals surface area (Å²) < 4.78 is 3.01. The predicted molar refractivity (Wildman–Crippen MR) is 117 cm³/mol. The molecule has 1 aromatic carbocycles. The van der Waals surface area contributed by atoms with Crippen molar-refractivity contribution >= 4 is 28.4 Å². The molecule has 31 heavy (non-hydrogen) atoms. The molecular formula is C22H23N7O2. The number of amides is 1. The largest absolute Gasteiger partial charge is 0.368 e. The maximum atomic E-state index is 13.1. The van der Waals surface area contributed by atoms with Crippen molar-refractivity contribution in [2.45, 2.75) is 20.4 Å². The highest BCUT2D eigenvalue weighted by molar-refractivity contribution is 5.80. The van der Waals surface area contributed by atoms with Crippen LogP contribution in [0.2, 0.25) is 0 Å². The number of fused-ring (bicyclic) bond motifs is 3. The Balaban J connectivity index is 1.38. The molecule has 9 heteroatoms. The van der Waals surface area contributed by atoms with Gasteiger partial charge in [-0.25, -0.2) is 4.98 Å². The van der Waals surface area contributed by atoms with E-state index in [4.69, 9.17) is 0 Å². The van der Waals surface area contributed by atoms with E-state index in [9.17, 15) is 9.59 Å². The third-order valence-electron chi connectivity index (χ3n) is 6.11. The van der Waals surface area contributed by atoms with Crippen molar-refractivity contribution < 1.29 is 4.79 Å². The highest BCUT2D eigenvalue weighted by Gasteiger charge is 2.24. The Bertz CT molecular complexity index is 1350. The van der Waals surface area contributed by atoms with Gasteiger partial charge in [0.1, 0.15) is 12.9 Å². The van der Waals surface area contributed by atoms with E-state index < -0.39 is 0 Å². The summed E-state index contributed by atoms with van der Waals surface area (Å²) >= 11 is 0. The fourth-order valence-corrected chi connectivity index (χ4v) is 4.22. The summed E-state index contributed by atoms with van der Waals surface area (Å²) in [5.74, 6) is -0.0864. The predicted octanol–water partition coefficient (Wildman–Crippen LogP) is 1.40. The molecular weight excluding hydrogens is 394 g/mol. The topological polar surface area (TPSA) is 88.6 Å². The monoisotopic (exact) mass is 417 g/mol. The third-order valence-corrected chi connectivity index (χ3v) is 6.11. The lowest BCUT2D eigenvalue weighted by Gasteiger charge is -2.37. The number of carbonyl (C=O) groups is 1. The second kappa shape index (κ2) is 7.50. The minimum atomic E-state index is -0.347. The van der Waals surface area contributed by atoms with E-state index in [1.54, 1.807) is 22.7 Å². The van der Waals surface area contributed by atoms with Crippen molar-refractivity contribution in [2.24, 2.45) is 0 Å². The Hall–Kier alpha value is -3.75. The van der Waals surface area contributed by atoms with Crippen molar-refractivity contribution in [3.8, 4) is 0 Å². The number of piperazine rings is 1. The van der Waals surface area contributed by atoms with E-state index in [2.05, 4.69) is 52.1 Å². The van der Waals surface area contributed by atoms with Crippen molar-refractivity contribution in [2.75, 3.05) is 31.1 Å². The maximum absolute atomic E-state index is 13.1. The number of hydrogen-bond donors (Lipinski definition) is 0. The molecule has 1 amide bonds. The van der Waals surface area contributed by atoms with Gasteiger partial charge in [-0.3, -0.25) is 18.6 Å². The number of nitrogens with zero attached hydrogens (tertiary/aromatic N) is 7. The Morgan fingerprint density at radius 3 is 2.65 bits per heavy atom.